The van der Waals surface area contributed by atoms with Crippen molar-refractivity contribution in [3.63, 3.8) is 0 Å². The van der Waals surface area contributed by atoms with Crippen LogP contribution in [-0.4, -0.2) is 75.1 Å². The first-order valence-corrected chi connectivity index (χ1v) is 15.9. The summed E-state index contributed by atoms with van der Waals surface area (Å²) in [6.07, 6.45) is -5.78. The molecule has 3 aromatic rings. The van der Waals surface area contributed by atoms with Crippen molar-refractivity contribution in [3.8, 4) is 0 Å². The first-order chi connectivity index (χ1) is 19.4. The summed E-state index contributed by atoms with van der Waals surface area (Å²) in [5, 5.41) is 11.2. The second-order valence-electron chi connectivity index (χ2n) is 8.32. The number of nitrogens with two attached hydrogens (primary N) is 2. The van der Waals surface area contributed by atoms with Gasteiger partial charge in [0, 0.05) is 10.7 Å². The van der Waals surface area contributed by atoms with Crippen LogP contribution in [-0.2, 0) is 36.3 Å². The molecule has 6 atom stereocenters. The Labute approximate surface area is 237 Å². The number of phosphoric ester groups is 1. The molecule has 0 saturated carbocycles. The van der Waals surface area contributed by atoms with Crippen molar-refractivity contribution in [1.82, 2.24) is 19.5 Å². The third-order valence-corrected chi connectivity index (χ3v) is 9.37. The third kappa shape index (κ3) is 7.42. The topological polar surface area (TPSA) is 331 Å². The number of anilines is 2. The van der Waals surface area contributed by atoms with E-state index >= 15 is 0 Å². The molecular formula is C17H20ClN6O15P3. The average Bonchev–Trinajstić information content (AvgIpc) is 3.38. The van der Waals surface area contributed by atoms with Crippen molar-refractivity contribution < 1.29 is 65.8 Å². The minimum absolute atomic E-state index is 0.0707. The summed E-state index contributed by atoms with van der Waals surface area (Å²) < 4.78 is 58.7. The summed E-state index contributed by atoms with van der Waals surface area (Å²) in [4.78, 5) is 71.7. The molecule has 0 aliphatic carbocycles. The van der Waals surface area contributed by atoms with Crippen molar-refractivity contribution >= 4 is 63.8 Å². The number of aliphatic hydroxyl groups excluding tert-OH is 1. The standard InChI is InChI=1S/C17H20ClN6O15P3/c18-6-1-2-8(19)7(3-6)16(27)37-12-9(4-35-41(31,32)39-42(33,34)38-40(28,29)30)36-15(11(12)25)24-5-21-10-13(24)22-17(20)23-14(10)26/h1-3,5,9,11-12,15,25H,4,19H2,(H,31,32)(H,33,34)(H2,28,29,30)(H3,20,22,23,26). The van der Waals surface area contributed by atoms with Gasteiger partial charge in [-0.05, 0) is 18.2 Å². The summed E-state index contributed by atoms with van der Waals surface area (Å²) in [6, 6.07) is 3.83. The zero-order valence-electron chi connectivity index (χ0n) is 20.4. The monoisotopic (exact) mass is 676 g/mol. The van der Waals surface area contributed by atoms with Crippen molar-refractivity contribution in [2.24, 2.45) is 0 Å². The molecule has 4 rings (SSSR count). The van der Waals surface area contributed by atoms with E-state index in [1.807, 2.05) is 0 Å². The summed E-state index contributed by atoms with van der Waals surface area (Å²) in [5.41, 5.74) is 9.93. The van der Waals surface area contributed by atoms with Gasteiger partial charge < -0.3 is 45.6 Å². The number of carbonyl (C=O) groups is 1. The Balaban J connectivity index is 1.63. The number of aromatic nitrogens is 4. The number of nitrogen functional groups attached to an aromatic ring is 2. The number of nitrogens with one attached hydrogen (secondary N) is 1. The molecular weight excluding hydrogens is 657 g/mol. The fraction of sp³-hybridized carbons (Fsp3) is 0.294. The molecule has 25 heteroatoms. The first-order valence-electron chi connectivity index (χ1n) is 11.0. The van der Waals surface area contributed by atoms with Crippen LogP contribution >= 0.6 is 35.1 Å². The number of aliphatic hydroxyl groups is 1. The second-order valence-corrected chi connectivity index (χ2v) is 13.2. The smallest absolute Gasteiger partial charge is 0.453 e. The normalized spacial score (nSPS) is 23.9. The number of imidazole rings is 1. The fourth-order valence-electron chi connectivity index (χ4n) is 3.72. The minimum Gasteiger partial charge on any atom is -0.453 e. The minimum atomic E-state index is -5.85. The SMILES string of the molecule is Nc1nc2c(ncn2C2OC(COP(=O)(O)OP(=O)(O)OP(=O)(O)O)C(OC(=O)c3cc(Cl)ccc3N)C2O)c(=O)[nH]1. The molecule has 1 aliphatic rings. The molecule has 3 heterocycles. The van der Waals surface area contributed by atoms with Gasteiger partial charge in [-0.1, -0.05) is 11.6 Å². The number of ether oxygens (including phenoxy) is 2. The van der Waals surface area contributed by atoms with E-state index in [1.54, 1.807) is 0 Å². The molecule has 0 amide bonds. The van der Waals surface area contributed by atoms with Crippen LogP contribution < -0.4 is 17.0 Å². The molecule has 0 spiro atoms. The van der Waals surface area contributed by atoms with E-state index < -0.39 is 66.1 Å². The lowest BCUT2D eigenvalue weighted by atomic mass is 10.1. The fourth-order valence-corrected chi connectivity index (χ4v) is 6.92. The van der Waals surface area contributed by atoms with Crippen LogP contribution in [0.15, 0.2) is 29.3 Å². The second kappa shape index (κ2) is 11.7. The Morgan fingerprint density at radius 3 is 2.50 bits per heavy atom. The van der Waals surface area contributed by atoms with Crippen LogP contribution in [0, 0.1) is 0 Å². The maximum Gasteiger partial charge on any atom is 0.490 e. The number of H-pyrrole nitrogens is 1. The first kappa shape index (κ1) is 32.2. The molecule has 21 nitrogen and oxygen atoms in total. The van der Waals surface area contributed by atoms with Crippen LogP contribution in [0.2, 0.25) is 5.02 Å². The summed E-state index contributed by atoms with van der Waals surface area (Å²) >= 11 is 5.91. The molecule has 2 aromatic heterocycles. The Morgan fingerprint density at radius 2 is 1.83 bits per heavy atom. The van der Waals surface area contributed by atoms with Gasteiger partial charge in [-0.3, -0.25) is 18.9 Å². The van der Waals surface area contributed by atoms with Gasteiger partial charge in [-0.2, -0.15) is 13.6 Å². The van der Waals surface area contributed by atoms with Gasteiger partial charge in [0.25, 0.3) is 5.56 Å². The summed E-state index contributed by atoms with van der Waals surface area (Å²) in [7, 11) is -17.2. The number of hydrogen-bond acceptors (Lipinski definition) is 15. The molecule has 1 aliphatic heterocycles. The van der Waals surface area contributed by atoms with Crippen LogP contribution in [0.25, 0.3) is 11.2 Å². The molecule has 6 unspecified atom stereocenters. The molecule has 230 valence electrons. The Kier molecular flexibility index (Phi) is 9.00. The van der Waals surface area contributed by atoms with Gasteiger partial charge in [-0.15, -0.1) is 0 Å². The average molecular weight is 677 g/mol. The molecule has 1 saturated heterocycles. The summed E-state index contributed by atoms with van der Waals surface area (Å²) in [5.74, 6) is -1.47. The number of fused-ring (bicyclic) bond motifs is 1. The maximum atomic E-state index is 12.9. The lowest BCUT2D eigenvalue weighted by Crippen LogP contribution is -2.38. The Morgan fingerprint density at radius 1 is 1.14 bits per heavy atom. The third-order valence-electron chi connectivity index (χ3n) is 5.33. The zero-order chi connectivity index (χ0) is 31.2. The molecule has 42 heavy (non-hydrogen) atoms. The highest BCUT2D eigenvalue weighted by Gasteiger charge is 2.50. The largest absolute Gasteiger partial charge is 0.490 e. The predicted molar refractivity (Wildman–Crippen MR) is 137 cm³/mol. The molecule has 0 bridgehead atoms. The van der Waals surface area contributed by atoms with Gasteiger partial charge in [0.15, 0.2) is 23.5 Å². The van der Waals surface area contributed by atoms with Crippen molar-refractivity contribution in [1.29, 1.82) is 0 Å². The highest BCUT2D eigenvalue weighted by molar-refractivity contribution is 7.66. The number of hydrogen-bond donors (Lipinski definition) is 8. The van der Waals surface area contributed by atoms with Crippen molar-refractivity contribution in [2.75, 3.05) is 18.1 Å². The van der Waals surface area contributed by atoms with Crippen molar-refractivity contribution in [3.05, 3.63) is 45.5 Å². The van der Waals surface area contributed by atoms with E-state index in [0.717, 1.165) is 17.0 Å². The van der Waals surface area contributed by atoms with E-state index in [9.17, 15) is 38.2 Å². The van der Waals surface area contributed by atoms with E-state index in [2.05, 4.69) is 28.1 Å². The number of phosphoric acid groups is 3. The maximum absolute atomic E-state index is 12.9. The molecule has 1 aromatic carbocycles. The molecule has 1 fully saturated rings. The van der Waals surface area contributed by atoms with Gasteiger partial charge in [-0.25, -0.2) is 23.5 Å². The van der Waals surface area contributed by atoms with E-state index in [0.29, 0.717) is 0 Å². The number of nitrogens with zero attached hydrogens (tertiary/aromatic N) is 3. The van der Waals surface area contributed by atoms with E-state index in [-0.39, 0.29) is 33.4 Å². The molecule has 0 radical (unpaired) electrons. The molecule has 10 N–H and O–H groups in total. The van der Waals surface area contributed by atoms with Crippen LogP contribution in [0.5, 0.6) is 0 Å². The highest BCUT2D eigenvalue weighted by Crippen LogP contribution is 2.66. The number of benzene rings is 1. The number of aromatic amines is 1. The number of carbonyl (C=O) groups excluding carboxylic acids is 1. The Bertz CT molecular complexity index is 1730. The van der Waals surface area contributed by atoms with Gasteiger partial charge in [0.2, 0.25) is 5.95 Å². The van der Waals surface area contributed by atoms with Gasteiger partial charge in [0.05, 0.1) is 18.5 Å². The summed E-state index contributed by atoms with van der Waals surface area (Å²) in [6.45, 7) is -1.12. The zero-order valence-corrected chi connectivity index (χ0v) is 23.8. The van der Waals surface area contributed by atoms with Crippen molar-refractivity contribution in [2.45, 2.75) is 24.5 Å². The number of rotatable bonds is 10. The van der Waals surface area contributed by atoms with E-state index in [4.69, 9.17) is 42.3 Å². The number of esters is 1. The van der Waals surface area contributed by atoms with Crippen LogP contribution in [0.3, 0.4) is 0 Å². The van der Waals surface area contributed by atoms with Crippen LogP contribution in [0.4, 0.5) is 11.6 Å². The quantitative estimate of drug-likeness (QED) is 0.0780. The van der Waals surface area contributed by atoms with Gasteiger partial charge in [0.1, 0.15) is 12.2 Å². The lowest BCUT2D eigenvalue weighted by molar-refractivity contribution is -0.0520. The Hall–Kier alpha value is -2.74. The number of halogens is 1. The predicted octanol–water partition coefficient (Wildman–Crippen LogP) is -0.235. The van der Waals surface area contributed by atoms with E-state index in [1.165, 1.54) is 12.1 Å². The van der Waals surface area contributed by atoms with Crippen LogP contribution in [0.1, 0.15) is 16.6 Å². The highest BCUT2D eigenvalue weighted by atomic mass is 35.5. The lowest BCUT2D eigenvalue weighted by Gasteiger charge is -2.22. The van der Waals surface area contributed by atoms with Gasteiger partial charge >= 0.3 is 29.4 Å².